The molecule has 0 radical (unpaired) electrons. The van der Waals surface area contributed by atoms with Crippen LogP contribution >= 0.6 is 27.7 Å². The maximum Gasteiger partial charge on any atom is 0.294 e. The van der Waals surface area contributed by atoms with Crippen LogP contribution in [0, 0.1) is 11.3 Å². The van der Waals surface area contributed by atoms with Crippen LogP contribution in [0.25, 0.3) is 6.08 Å². The number of ether oxygens (including phenoxy) is 2. The Balaban J connectivity index is 1.49. The first-order chi connectivity index (χ1) is 17.9. The Morgan fingerprint density at radius 2 is 1.89 bits per heavy atom. The van der Waals surface area contributed by atoms with E-state index in [1.165, 1.54) is 7.11 Å². The molecule has 2 aliphatic rings. The largest absolute Gasteiger partial charge is 0.493 e. The van der Waals surface area contributed by atoms with Gasteiger partial charge in [-0.2, -0.15) is 5.26 Å². The fraction of sp³-hybridized carbons (Fsp3) is 0.333. The SMILES string of the molecule is COc1cc(C=C2SC(=O)N(CC(=O)N3CCCCCC3)C2=O)cc(Br)c1OCc1ccccc1C#N. The summed E-state index contributed by atoms with van der Waals surface area (Å²) in [5, 5.41) is 8.85. The number of nitriles is 1. The van der Waals surface area contributed by atoms with E-state index in [2.05, 4.69) is 22.0 Å². The molecule has 2 heterocycles. The zero-order valence-electron chi connectivity index (χ0n) is 20.4. The first-order valence-electron chi connectivity index (χ1n) is 11.9. The first-order valence-corrected chi connectivity index (χ1v) is 13.5. The number of rotatable bonds is 7. The Kier molecular flexibility index (Phi) is 8.90. The van der Waals surface area contributed by atoms with Crippen molar-refractivity contribution in [1.82, 2.24) is 9.80 Å². The van der Waals surface area contributed by atoms with Crippen LogP contribution in [0.3, 0.4) is 0 Å². The second-order valence-corrected chi connectivity index (χ2v) is 10.5. The van der Waals surface area contributed by atoms with E-state index in [-0.39, 0.29) is 24.0 Å². The van der Waals surface area contributed by atoms with Crippen molar-refractivity contribution >= 4 is 50.8 Å². The number of thioether (sulfide) groups is 1. The predicted octanol–water partition coefficient (Wildman–Crippen LogP) is 5.35. The fourth-order valence-corrected chi connectivity index (χ4v) is 5.62. The van der Waals surface area contributed by atoms with Crippen molar-refractivity contribution < 1.29 is 23.9 Å². The molecule has 8 nitrogen and oxygen atoms in total. The van der Waals surface area contributed by atoms with Crippen LogP contribution in [0.15, 0.2) is 45.8 Å². The van der Waals surface area contributed by atoms with Crippen LogP contribution in [-0.4, -0.2) is 53.6 Å². The van der Waals surface area contributed by atoms with Gasteiger partial charge < -0.3 is 14.4 Å². The Bertz CT molecular complexity index is 1280. The fourth-order valence-electron chi connectivity index (χ4n) is 4.21. The van der Waals surface area contributed by atoms with Crippen LogP contribution in [-0.2, 0) is 16.2 Å². The van der Waals surface area contributed by atoms with Crippen molar-refractivity contribution in [3.8, 4) is 17.6 Å². The number of carbonyl (C=O) groups is 3. The minimum absolute atomic E-state index is 0.169. The van der Waals surface area contributed by atoms with E-state index in [1.54, 1.807) is 35.2 Å². The van der Waals surface area contributed by atoms with E-state index >= 15 is 0 Å². The second kappa shape index (κ2) is 12.3. The van der Waals surface area contributed by atoms with Crippen molar-refractivity contribution in [2.24, 2.45) is 0 Å². The van der Waals surface area contributed by atoms with Crippen molar-refractivity contribution in [1.29, 1.82) is 5.26 Å². The third-order valence-corrected chi connectivity index (χ3v) is 7.68. The van der Waals surface area contributed by atoms with Gasteiger partial charge in [0.1, 0.15) is 13.2 Å². The molecule has 0 bridgehead atoms. The molecule has 2 aromatic rings. The number of imide groups is 1. The molecule has 0 spiro atoms. The topological polar surface area (TPSA) is 99.9 Å². The molecule has 192 valence electrons. The van der Waals surface area contributed by atoms with Crippen LogP contribution in [0.4, 0.5) is 4.79 Å². The molecule has 4 rings (SSSR count). The molecule has 0 unspecified atom stereocenters. The van der Waals surface area contributed by atoms with E-state index < -0.39 is 11.1 Å². The van der Waals surface area contributed by atoms with Gasteiger partial charge in [0.15, 0.2) is 11.5 Å². The van der Waals surface area contributed by atoms with E-state index in [1.807, 2.05) is 12.1 Å². The van der Waals surface area contributed by atoms with Crippen LogP contribution in [0.2, 0.25) is 0 Å². The standard InChI is InChI=1S/C27H26BrN3O5S/c1-35-22-13-18(12-21(28)25(22)36-17-20-9-5-4-8-19(20)15-29)14-23-26(33)31(27(34)37-23)16-24(32)30-10-6-2-3-7-11-30/h4-5,8-9,12-14H,2-3,6-7,10-11,16-17H2,1H3. The van der Waals surface area contributed by atoms with Gasteiger partial charge in [-0.25, -0.2) is 0 Å². The Morgan fingerprint density at radius 3 is 2.59 bits per heavy atom. The third-order valence-electron chi connectivity index (χ3n) is 6.19. The van der Waals surface area contributed by atoms with Gasteiger partial charge in [-0.05, 0) is 70.4 Å². The van der Waals surface area contributed by atoms with Gasteiger partial charge in [-0.1, -0.05) is 31.0 Å². The number of carbonyl (C=O) groups excluding carboxylic acids is 3. The molecule has 2 fully saturated rings. The van der Waals surface area contributed by atoms with E-state index in [9.17, 15) is 19.6 Å². The zero-order valence-corrected chi connectivity index (χ0v) is 22.8. The summed E-state index contributed by atoms with van der Waals surface area (Å²) >= 11 is 4.32. The summed E-state index contributed by atoms with van der Waals surface area (Å²) < 4.78 is 12.1. The van der Waals surface area contributed by atoms with E-state index in [4.69, 9.17) is 9.47 Å². The van der Waals surface area contributed by atoms with Crippen LogP contribution in [0.5, 0.6) is 11.5 Å². The molecule has 0 atom stereocenters. The molecular weight excluding hydrogens is 558 g/mol. The normalized spacial score (nSPS) is 17.1. The highest BCUT2D eigenvalue weighted by molar-refractivity contribution is 9.10. The monoisotopic (exact) mass is 583 g/mol. The molecule has 0 aromatic heterocycles. The highest BCUT2D eigenvalue weighted by Gasteiger charge is 2.37. The van der Waals surface area contributed by atoms with Crippen molar-refractivity contribution in [2.75, 3.05) is 26.7 Å². The van der Waals surface area contributed by atoms with Gasteiger partial charge in [0, 0.05) is 18.7 Å². The molecule has 0 saturated carbocycles. The summed E-state index contributed by atoms with van der Waals surface area (Å²) in [7, 11) is 1.50. The molecule has 2 aliphatic heterocycles. The molecule has 2 aromatic carbocycles. The maximum atomic E-state index is 13.0. The summed E-state index contributed by atoms with van der Waals surface area (Å²) in [6.45, 7) is 1.25. The van der Waals surface area contributed by atoms with Crippen molar-refractivity contribution in [3.63, 3.8) is 0 Å². The number of benzene rings is 2. The van der Waals surface area contributed by atoms with Gasteiger partial charge in [-0.3, -0.25) is 19.3 Å². The van der Waals surface area contributed by atoms with Crippen LogP contribution < -0.4 is 9.47 Å². The highest BCUT2D eigenvalue weighted by atomic mass is 79.9. The number of hydrogen-bond acceptors (Lipinski definition) is 7. The molecule has 37 heavy (non-hydrogen) atoms. The molecule has 10 heteroatoms. The first kappa shape index (κ1) is 26.8. The average Bonchev–Trinajstić information content (AvgIpc) is 3.08. The molecule has 0 N–H and O–H groups in total. The Hall–Kier alpha value is -3.29. The lowest BCUT2D eigenvalue weighted by Gasteiger charge is -2.22. The number of halogens is 1. The lowest BCUT2D eigenvalue weighted by Crippen LogP contribution is -2.42. The maximum absolute atomic E-state index is 13.0. The molecular formula is C27H26BrN3O5S. The molecule has 3 amide bonds. The van der Waals surface area contributed by atoms with Gasteiger partial charge in [0.05, 0.1) is 28.1 Å². The molecule has 2 saturated heterocycles. The lowest BCUT2D eigenvalue weighted by atomic mass is 10.1. The minimum Gasteiger partial charge on any atom is -0.493 e. The number of amides is 3. The summed E-state index contributed by atoms with van der Waals surface area (Å²) in [5.41, 5.74) is 1.89. The third kappa shape index (κ3) is 6.35. The Labute approximate surface area is 228 Å². The number of likely N-dealkylation sites (tertiary alicyclic amines) is 1. The van der Waals surface area contributed by atoms with Gasteiger partial charge in [0.25, 0.3) is 11.1 Å². The summed E-state index contributed by atoms with van der Waals surface area (Å²) in [6.07, 6.45) is 5.65. The minimum atomic E-state index is -0.485. The van der Waals surface area contributed by atoms with Crippen molar-refractivity contribution in [2.45, 2.75) is 32.3 Å². The summed E-state index contributed by atoms with van der Waals surface area (Å²) in [4.78, 5) is 41.3. The Morgan fingerprint density at radius 1 is 1.16 bits per heavy atom. The van der Waals surface area contributed by atoms with Gasteiger partial charge in [-0.15, -0.1) is 0 Å². The van der Waals surface area contributed by atoms with Crippen LogP contribution in [0.1, 0.15) is 42.4 Å². The highest BCUT2D eigenvalue weighted by Crippen LogP contribution is 2.39. The molecule has 0 aliphatic carbocycles. The average molecular weight is 584 g/mol. The zero-order chi connectivity index (χ0) is 26.4. The lowest BCUT2D eigenvalue weighted by molar-refractivity contribution is -0.135. The quantitative estimate of drug-likeness (QED) is 0.405. The predicted molar refractivity (Wildman–Crippen MR) is 144 cm³/mol. The number of hydrogen-bond donors (Lipinski definition) is 0. The van der Waals surface area contributed by atoms with E-state index in [0.717, 1.165) is 47.9 Å². The number of methoxy groups -OCH3 is 1. The summed E-state index contributed by atoms with van der Waals surface area (Å²) in [6, 6.07) is 12.8. The van der Waals surface area contributed by atoms with Gasteiger partial charge in [0.2, 0.25) is 5.91 Å². The number of nitrogens with zero attached hydrogens (tertiary/aromatic N) is 3. The second-order valence-electron chi connectivity index (χ2n) is 8.65. The smallest absolute Gasteiger partial charge is 0.294 e. The van der Waals surface area contributed by atoms with E-state index in [0.29, 0.717) is 40.2 Å². The van der Waals surface area contributed by atoms with Gasteiger partial charge >= 0.3 is 0 Å². The summed E-state index contributed by atoms with van der Waals surface area (Å²) in [5.74, 6) is 0.185. The van der Waals surface area contributed by atoms with Crippen molar-refractivity contribution in [3.05, 3.63) is 62.5 Å².